The van der Waals surface area contributed by atoms with Gasteiger partial charge in [0.1, 0.15) is 0 Å². The number of rotatable bonds is 3. The van der Waals surface area contributed by atoms with Crippen molar-refractivity contribution < 1.29 is 14.3 Å². The van der Waals surface area contributed by atoms with Crippen LogP contribution in [0.15, 0.2) is 10.5 Å². The minimum Gasteiger partial charge on any atom is -0.478 e. The zero-order valence-corrected chi connectivity index (χ0v) is 9.02. The molecule has 0 aliphatic carbocycles. The lowest BCUT2D eigenvalue weighted by molar-refractivity contribution is -0.131. The predicted octanol–water partition coefficient (Wildman–Crippen LogP) is 1.76. The third kappa shape index (κ3) is 4.39. The summed E-state index contributed by atoms with van der Waals surface area (Å²) in [5.41, 5.74) is 0.0698. The third-order valence-corrected chi connectivity index (χ3v) is 1.53. The number of aromatic nitrogens is 2. The molecule has 0 bridgehead atoms. The van der Waals surface area contributed by atoms with Gasteiger partial charge in [-0.1, -0.05) is 20.8 Å². The SMILES string of the molecule is CC(C)(C)Cc1nnc(/C=C/C(=O)O)o1. The Hall–Kier alpha value is -1.65. The first-order chi connectivity index (χ1) is 6.87. The Morgan fingerprint density at radius 2 is 2.13 bits per heavy atom. The number of aliphatic carboxylic acids is 1. The molecule has 1 aromatic heterocycles. The Bertz CT molecular complexity index is 374. The van der Waals surface area contributed by atoms with Crippen molar-refractivity contribution >= 4 is 12.0 Å². The lowest BCUT2D eigenvalue weighted by atomic mass is 9.92. The van der Waals surface area contributed by atoms with Crippen LogP contribution in [0.25, 0.3) is 6.08 Å². The van der Waals surface area contributed by atoms with Crippen LogP contribution in [-0.2, 0) is 11.2 Å². The van der Waals surface area contributed by atoms with Crippen LogP contribution in [0.1, 0.15) is 32.6 Å². The number of hydrogen-bond donors (Lipinski definition) is 1. The van der Waals surface area contributed by atoms with Gasteiger partial charge in [-0.2, -0.15) is 0 Å². The molecule has 0 amide bonds. The van der Waals surface area contributed by atoms with Gasteiger partial charge in [-0.15, -0.1) is 10.2 Å². The van der Waals surface area contributed by atoms with Crippen molar-refractivity contribution in [3.05, 3.63) is 17.9 Å². The van der Waals surface area contributed by atoms with Crippen LogP contribution in [0.2, 0.25) is 0 Å². The van der Waals surface area contributed by atoms with Crippen molar-refractivity contribution in [3.8, 4) is 0 Å². The molecule has 1 aromatic rings. The van der Waals surface area contributed by atoms with Crippen LogP contribution >= 0.6 is 0 Å². The lowest BCUT2D eigenvalue weighted by Gasteiger charge is -2.13. The standard InChI is InChI=1S/C10H14N2O3/c1-10(2,3)6-8-12-11-7(15-8)4-5-9(13)14/h4-5H,6H2,1-3H3,(H,13,14)/b5-4+. The first-order valence-corrected chi connectivity index (χ1v) is 4.60. The first-order valence-electron chi connectivity index (χ1n) is 4.60. The van der Waals surface area contributed by atoms with E-state index in [-0.39, 0.29) is 11.3 Å². The second-order valence-electron chi connectivity index (χ2n) is 4.44. The molecule has 1 heterocycles. The van der Waals surface area contributed by atoms with E-state index >= 15 is 0 Å². The number of carboxylic acid groups (broad SMARTS) is 1. The molecule has 15 heavy (non-hydrogen) atoms. The minimum atomic E-state index is -1.04. The van der Waals surface area contributed by atoms with Crippen LogP contribution < -0.4 is 0 Å². The van der Waals surface area contributed by atoms with Gasteiger partial charge < -0.3 is 9.52 Å². The van der Waals surface area contributed by atoms with Crippen LogP contribution in [0.3, 0.4) is 0 Å². The molecule has 0 unspecified atom stereocenters. The summed E-state index contributed by atoms with van der Waals surface area (Å²) in [6.07, 6.45) is 2.91. The van der Waals surface area contributed by atoms with E-state index in [4.69, 9.17) is 9.52 Å². The lowest BCUT2D eigenvalue weighted by Crippen LogP contribution is -2.09. The molecule has 0 aromatic carbocycles. The summed E-state index contributed by atoms with van der Waals surface area (Å²) in [6.45, 7) is 6.18. The zero-order chi connectivity index (χ0) is 11.5. The van der Waals surface area contributed by atoms with Crippen molar-refractivity contribution in [3.63, 3.8) is 0 Å². The summed E-state index contributed by atoms with van der Waals surface area (Å²) >= 11 is 0. The van der Waals surface area contributed by atoms with E-state index in [1.165, 1.54) is 6.08 Å². The Balaban J connectivity index is 2.68. The molecule has 82 valence electrons. The topological polar surface area (TPSA) is 76.2 Å². The van der Waals surface area contributed by atoms with E-state index < -0.39 is 5.97 Å². The van der Waals surface area contributed by atoms with Gasteiger partial charge in [0.2, 0.25) is 11.8 Å². The minimum absolute atomic E-state index is 0.0698. The van der Waals surface area contributed by atoms with E-state index in [9.17, 15) is 4.79 Å². The first kappa shape index (κ1) is 11.4. The average Bonchev–Trinajstić information content (AvgIpc) is 2.45. The molecule has 1 rings (SSSR count). The normalized spacial score (nSPS) is 12.2. The van der Waals surface area contributed by atoms with Crippen molar-refractivity contribution in [1.29, 1.82) is 0 Å². The molecule has 0 atom stereocenters. The highest BCUT2D eigenvalue weighted by Crippen LogP contribution is 2.19. The molecule has 0 aliphatic rings. The van der Waals surface area contributed by atoms with Gasteiger partial charge in [0, 0.05) is 18.6 Å². The van der Waals surface area contributed by atoms with Gasteiger partial charge in [-0.05, 0) is 5.41 Å². The Labute approximate surface area is 87.8 Å². The summed E-state index contributed by atoms with van der Waals surface area (Å²) in [6, 6.07) is 0. The fraction of sp³-hybridized carbons (Fsp3) is 0.500. The molecule has 0 fully saturated rings. The molecule has 0 saturated heterocycles. The molecule has 1 N–H and O–H groups in total. The molecular formula is C10H14N2O3. The van der Waals surface area contributed by atoms with E-state index in [0.29, 0.717) is 12.3 Å². The van der Waals surface area contributed by atoms with Crippen LogP contribution in [0, 0.1) is 5.41 Å². The van der Waals surface area contributed by atoms with Gasteiger partial charge in [0.05, 0.1) is 0 Å². The van der Waals surface area contributed by atoms with Crippen molar-refractivity contribution in [1.82, 2.24) is 10.2 Å². The molecule has 0 saturated carbocycles. The molecule has 5 nitrogen and oxygen atoms in total. The fourth-order valence-corrected chi connectivity index (χ4v) is 1.00. The van der Waals surface area contributed by atoms with Gasteiger partial charge in [0.25, 0.3) is 0 Å². The highest BCUT2D eigenvalue weighted by atomic mass is 16.4. The highest BCUT2D eigenvalue weighted by Gasteiger charge is 2.15. The van der Waals surface area contributed by atoms with Gasteiger partial charge in [-0.25, -0.2) is 4.79 Å². The smallest absolute Gasteiger partial charge is 0.328 e. The van der Waals surface area contributed by atoms with Crippen LogP contribution in [0.4, 0.5) is 0 Å². The number of hydrogen-bond acceptors (Lipinski definition) is 4. The average molecular weight is 210 g/mol. The number of carboxylic acids is 1. The highest BCUT2D eigenvalue weighted by molar-refractivity contribution is 5.84. The van der Waals surface area contributed by atoms with E-state index in [0.717, 1.165) is 6.08 Å². The summed E-state index contributed by atoms with van der Waals surface area (Å²) in [4.78, 5) is 10.2. The second-order valence-corrected chi connectivity index (χ2v) is 4.44. The predicted molar refractivity (Wildman–Crippen MR) is 54.1 cm³/mol. The van der Waals surface area contributed by atoms with E-state index in [1.54, 1.807) is 0 Å². The van der Waals surface area contributed by atoms with Gasteiger partial charge in [0.15, 0.2) is 0 Å². The Morgan fingerprint density at radius 3 is 2.67 bits per heavy atom. The van der Waals surface area contributed by atoms with Crippen molar-refractivity contribution in [2.45, 2.75) is 27.2 Å². The summed E-state index contributed by atoms with van der Waals surface area (Å²) < 4.78 is 5.24. The molecule has 0 aliphatic heterocycles. The van der Waals surface area contributed by atoms with Crippen molar-refractivity contribution in [2.24, 2.45) is 5.41 Å². The maximum Gasteiger partial charge on any atom is 0.328 e. The molecular weight excluding hydrogens is 196 g/mol. The summed E-state index contributed by atoms with van der Waals surface area (Å²) in [7, 11) is 0. The monoisotopic (exact) mass is 210 g/mol. The molecule has 0 spiro atoms. The second kappa shape index (κ2) is 4.25. The summed E-state index contributed by atoms with van der Waals surface area (Å²) in [5.74, 6) is -0.297. The summed E-state index contributed by atoms with van der Waals surface area (Å²) in [5, 5.41) is 15.9. The molecule has 5 heteroatoms. The third-order valence-electron chi connectivity index (χ3n) is 1.53. The van der Waals surface area contributed by atoms with E-state index in [2.05, 4.69) is 31.0 Å². The maximum absolute atomic E-state index is 10.2. The van der Waals surface area contributed by atoms with Gasteiger partial charge >= 0.3 is 5.97 Å². The van der Waals surface area contributed by atoms with Crippen molar-refractivity contribution in [2.75, 3.05) is 0 Å². The maximum atomic E-state index is 10.2. The Morgan fingerprint density at radius 1 is 1.47 bits per heavy atom. The quantitative estimate of drug-likeness (QED) is 0.769. The van der Waals surface area contributed by atoms with Crippen LogP contribution in [-0.4, -0.2) is 21.3 Å². The zero-order valence-electron chi connectivity index (χ0n) is 9.02. The number of nitrogens with zero attached hydrogens (tertiary/aromatic N) is 2. The Kier molecular flexibility index (Phi) is 3.24. The van der Waals surface area contributed by atoms with Gasteiger partial charge in [-0.3, -0.25) is 0 Å². The van der Waals surface area contributed by atoms with E-state index in [1.807, 2.05) is 0 Å². The van der Waals surface area contributed by atoms with Crippen LogP contribution in [0.5, 0.6) is 0 Å². The molecule has 0 radical (unpaired) electrons. The largest absolute Gasteiger partial charge is 0.478 e. The number of carbonyl (C=O) groups is 1. The fourth-order valence-electron chi connectivity index (χ4n) is 1.00.